The zero-order valence-corrected chi connectivity index (χ0v) is 15.0. The van der Waals surface area contributed by atoms with Crippen molar-refractivity contribution in [3.8, 4) is 0 Å². The molecule has 1 amide bonds. The first-order valence-corrected chi connectivity index (χ1v) is 9.19. The molecular weight excluding hydrogens is 364 g/mol. The summed E-state index contributed by atoms with van der Waals surface area (Å²) >= 11 is 8.03. The van der Waals surface area contributed by atoms with E-state index in [0.717, 1.165) is 4.88 Å². The number of rotatable bonds is 6. The van der Waals surface area contributed by atoms with Crippen LogP contribution < -0.4 is 10.9 Å². The SMILES string of the molecule is C=CCn1c(=S)sc2c(=O)n(CC(=O)NCc3cccs3)cnc21. The quantitative estimate of drug-likeness (QED) is 0.529. The third-order valence-corrected chi connectivity index (χ3v) is 5.61. The Morgan fingerprint density at radius 1 is 1.50 bits per heavy atom. The summed E-state index contributed by atoms with van der Waals surface area (Å²) in [5.74, 6) is -0.235. The number of carbonyl (C=O) groups is 1. The summed E-state index contributed by atoms with van der Waals surface area (Å²) in [6.07, 6.45) is 3.09. The van der Waals surface area contributed by atoms with Gasteiger partial charge in [0.15, 0.2) is 9.60 Å². The van der Waals surface area contributed by atoms with E-state index >= 15 is 0 Å². The van der Waals surface area contributed by atoms with E-state index in [9.17, 15) is 9.59 Å². The van der Waals surface area contributed by atoms with Crippen molar-refractivity contribution in [2.45, 2.75) is 19.6 Å². The third kappa shape index (κ3) is 3.37. The van der Waals surface area contributed by atoms with Crippen LogP contribution >= 0.6 is 34.9 Å². The highest BCUT2D eigenvalue weighted by Crippen LogP contribution is 2.17. The molecule has 0 aliphatic heterocycles. The molecule has 0 aliphatic carbocycles. The summed E-state index contributed by atoms with van der Waals surface area (Å²) in [7, 11) is 0. The minimum absolute atomic E-state index is 0.0702. The molecule has 9 heteroatoms. The third-order valence-electron chi connectivity index (χ3n) is 3.31. The van der Waals surface area contributed by atoms with Gasteiger partial charge in [0.2, 0.25) is 5.91 Å². The summed E-state index contributed by atoms with van der Waals surface area (Å²) in [5, 5.41) is 4.74. The highest BCUT2D eigenvalue weighted by molar-refractivity contribution is 7.73. The van der Waals surface area contributed by atoms with Crippen molar-refractivity contribution in [1.29, 1.82) is 0 Å². The molecular formula is C15H14N4O2S3. The number of amides is 1. The highest BCUT2D eigenvalue weighted by atomic mass is 32.1. The van der Waals surface area contributed by atoms with Gasteiger partial charge in [-0.1, -0.05) is 23.5 Å². The average molecular weight is 379 g/mol. The molecule has 0 aromatic carbocycles. The Hall–Kier alpha value is -2.10. The first-order chi connectivity index (χ1) is 11.6. The molecule has 0 saturated carbocycles. The normalized spacial score (nSPS) is 10.8. The maximum Gasteiger partial charge on any atom is 0.273 e. The standard InChI is InChI=1S/C15H14N4O2S3/c1-2-5-19-13-12(24-15(19)22)14(21)18(9-17-13)8-11(20)16-7-10-4-3-6-23-10/h2-4,6,9H,1,5,7-8H2,(H,16,20). The van der Waals surface area contributed by atoms with Gasteiger partial charge in [-0.3, -0.25) is 14.2 Å². The number of thiazole rings is 1. The summed E-state index contributed by atoms with van der Waals surface area (Å²) in [6, 6.07) is 3.87. The van der Waals surface area contributed by atoms with Crippen LogP contribution in [0.3, 0.4) is 0 Å². The molecule has 6 nitrogen and oxygen atoms in total. The van der Waals surface area contributed by atoms with Gasteiger partial charge >= 0.3 is 0 Å². The zero-order chi connectivity index (χ0) is 17.1. The van der Waals surface area contributed by atoms with E-state index in [1.807, 2.05) is 17.5 Å². The average Bonchev–Trinajstić information content (AvgIpc) is 3.18. The number of thiophene rings is 1. The van der Waals surface area contributed by atoms with Crippen LogP contribution in [0.5, 0.6) is 0 Å². The molecule has 0 spiro atoms. The fraction of sp³-hybridized carbons (Fsp3) is 0.200. The van der Waals surface area contributed by atoms with Gasteiger partial charge in [-0.2, -0.15) is 0 Å². The van der Waals surface area contributed by atoms with Crippen molar-refractivity contribution in [2.75, 3.05) is 0 Å². The first-order valence-electron chi connectivity index (χ1n) is 7.09. The molecule has 3 aromatic rings. The Morgan fingerprint density at radius 2 is 2.33 bits per heavy atom. The fourth-order valence-electron chi connectivity index (χ4n) is 2.18. The molecule has 124 valence electrons. The van der Waals surface area contributed by atoms with Crippen LogP contribution in [0.15, 0.2) is 41.3 Å². The topological polar surface area (TPSA) is 68.9 Å². The Kier molecular flexibility index (Phi) is 5.03. The second kappa shape index (κ2) is 7.20. The first kappa shape index (κ1) is 16.7. The van der Waals surface area contributed by atoms with Gasteiger partial charge in [-0.15, -0.1) is 17.9 Å². The van der Waals surface area contributed by atoms with E-state index in [0.29, 0.717) is 27.4 Å². The number of fused-ring (bicyclic) bond motifs is 1. The lowest BCUT2D eigenvalue weighted by atomic mass is 10.4. The van der Waals surface area contributed by atoms with Gasteiger partial charge in [-0.25, -0.2) is 4.98 Å². The van der Waals surface area contributed by atoms with E-state index in [2.05, 4.69) is 16.9 Å². The van der Waals surface area contributed by atoms with Crippen LogP contribution in [0.25, 0.3) is 10.3 Å². The van der Waals surface area contributed by atoms with E-state index < -0.39 is 0 Å². The van der Waals surface area contributed by atoms with Crippen molar-refractivity contribution in [3.05, 3.63) is 55.7 Å². The van der Waals surface area contributed by atoms with E-state index in [-0.39, 0.29) is 18.0 Å². The number of aromatic nitrogens is 3. The van der Waals surface area contributed by atoms with Crippen molar-refractivity contribution in [3.63, 3.8) is 0 Å². The minimum Gasteiger partial charge on any atom is -0.350 e. The molecule has 3 heterocycles. The van der Waals surface area contributed by atoms with Gasteiger partial charge < -0.3 is 9.88 Å². The second-order valence-electron chi connectivity index (χ2n) is 4.95. The lowest BCUT2D eigenvalue weighted by molar-refractivity contribution is -0.121. The van der Waals surface area contributed by atoms with E-state index in [4.69, 9.17) is 12.2 Å². The summed E-state index contributed by atoms with van der Waals surface area (Å²) in [5.41, 5.74) is 0.273. The Bertz CT molecular complexity index is 998. The molecule has 3 rings (SSSR count). The smallest absolute Gasteiger partial charge is 0.273 e. The predicted molar refractivity (Wildman–Crippen MR) is 99.1 cm³/mol. The lowest BCUT2D eigenvalue weighted by Crippen LogP contribution is -2.31. The van der Waals surface area contributed by atoms with Crippen LogP contribution in [0, 0.1) is 3.95 Å². The zero-order valence-electron chi connectivity index (χ0n) is 12.6. The molecule has 0 bridgehead atoms. The van der Waals surface area contributed by atoms with Crippen molar-refractivity contribution >= 4 is 51.1 Å². The number of carbonyl (C=O) groups excluding carboxylic acids is 1. The predicted octanol–water partition coefficient (Wildman–Crippen LogP) is 2.55. The molecule has 0 atom stereocenters. The maximum atomic E-state index is 12.5. The number of nitrogens with zero attached hydrogens (tertiary/aromatic N) is 3. The Morgan fingerprint density at radius 3 is 3.04 bits per heavy atom. The molecule has 3 aromatic heterocycles. The van der Waals surface area contributed by atoms with Crippen molar-refractivity contribution in [2.24, 2.45) is 0 Å². The van der Waals surface area contributed by atoms with Crippen molar-refractivity contribution in [1.82, 2.24) is 19.4 Å². The second-order valence-corrected chi connectivity index (χ2v) is 7.63. The summed E-state index contributed by atoms with van der Waals surface area (Å²) < 4.78 is 4.07. The summed E-state index contributed by atoms with van der Waals surface area (Å²) in [6.45, 7) is 4.56. The molecule has 0 fully saturated rings. The van der Waals surface area contributed by atoms with Gasteiger partial charge in [-0.05, 0) is 23.7 Å². The van der Waals surface area contributed by atoms with E-state index in [1.165, 1.54) is 22.2 Å². The molecule has 24 heavy (non-hydrogen) atoms. The fourth-order valence-corrected chi connectivity index (χ4v) is 4.14. The molecule has 0 saturated heterocycles. The Labute approximate surface area is 150 Å². The van der Waals surface area contributed by atoms with Crippen LogP contribution in [-0.2, 0) is 24.4 Å². The number of nitrogens with one attached hydrogen (secondary N) is 1. The van der Waals surface area contributed by atoms with Gasteiger partial charge in [0, 0.05) is 11.4 Å². The molecule has 1 N–H and O–H groups in total. The number of hydrogen-bond acceptors (Lipinski definition) is 6. The van der Waals surface area contributed by atoms with Gasteiger partial charge in [0.05, 0.1) is 6.54 Å². The summed E-state index contributed by atoms with van der Waals surface area (Å²) in [4.78, 5) is 29.9. The van der Waals surface area contributed by atoms with Crippen LogP contribution in [0.2, 0.25) is 0 Å². The molecule has 0 aliphatic rings. The van der Waals surface area contributed by atoms with Crippen molar-refractivity contribution < 1.29 is 4.79 Å². The lowest BCUT2D eigenvalue weighted by Gasteiger charge is -2.06. The van der Waals surface area contributed by atoms with Crippen LogP contribution in [-0.4, -0.2) is 20.0 Å². The number of allylic oxidation sites excluding steroid dienone is 1. The monoisotopic (exact) mass is 378 g/mol. The molecule has 0 radical (unpaired) electrons. The largest absolute Gasteiger partial charge is 0.350 e. The van der Waals surface area contributed by atoms with Crippen LogP contribution in [0.4, 0.5) is 0 Å². The molecule has 0 unspecified atom stereocenters. The number of hydrogen-bond donors (Lipinski definition) is 1. The highest BCUT2D eigenvalue weighted by Gasteiger charge is 2.13. The Balaban J connectivity index is 1.81. The maximum absolute atomic E-state index is 12.5. The van der Waals surface area contributed by atoms with E-state index in [1.54, 1.807) is 22.0 Å². The minimum atomic E-state index is -0.259. The van der Waals surface area contributed by atoms with Gasteiger partial charge in [0.25, 0.3) is 5.56 Å². The van der Waals surface area contributed by atoms with Gasteiger partial charge in [0.1, 0.15) is 17.6 Å². The van der Waals surface area contributed by atoms with Crippen LogP contribution in [0.1, 0.15) is 4.88 Å².